The van der Waals surface area contributed by atoms with Crippen LogP contribution >= 0.6 is 12.4 Å². The molecule has 1 aliphatic heterocycles. The summed E-state index contributed by atoms with van der Waals surface area (Å²) in [6.07, 6.45) is 2.88. The largest absolute Gasteiger partial charge is 0.316 e. The van der Waals surface area contributed by atoms with E-state index in [9.17, 15) is 4.79 Å². The maximum atomic E-state index is 12.5. The minimum Gasteiger partial charge on any atom is -0.316 e. The Hall–Kier alpha value is -1.06. The zero-order valence-electron chi connectivity index (χ0n) is 13.3. The molecule has 1 aromatic rings. The molecule has 1 amide bonds. The van der Waals surface area contributed by atoms with Gasteiger partial charge >= 0.3 is 0 Å². The van der Waals surface area contributed by atoms with Gasteiger partial charge in [-0.05, 0) is 75.9 Å². The highest BCUT2D eigenvalue weighted by Gasteiger charge is 2.19. The standard InChI is InChI=1S/C17H26N2O.ClH/c1-4-19(16-10-13(2)9-14(3)11-16)17(20)6-5-15-7-8-18-12-15;/h9-11,15,18H,4-8,12H2,1-3H3;1H. The number of nitrogens with zero attached hydrogens (tertiary/aromatic N) is 1. The number of anilines is 1. The van der Waals surface area contributed by atoms with E-state index >= 15 is 0 Å². The van der Waals surface area contributed by atoms with Crippen molar-refractivity contribution in [1.29, 1.82) is 0 Å². The highest BCUT2D eigenvalue weighted by Crippen LogP contribution is 2.21. The molecule has 1 aliphatic rings. The van der Waals surface area contributed by atoms with Crippen LogP contribution in [0.5, 0.6) is 0 Å². The van der Waals surface area contributed by atoms with Crippen LogP contribution in [0.1, 0.15) is 37.3 Å². The van der Waals surface area contributed by atoms with Crippen LogP contribution in [-0.2, 0) is 4.79 Å². The summed E-state index contributed by atoms with van der Waals surface area (Å²) in [5.41, 5.74) is 3.47. The summed E-state index contributed by atoms with van der Waals surface area (Å²) in [6.45, 7) is 9.13. The average molecular weight is 311 g/mol. The smallest absolute Gasteiger partial charge is 0.226 e. The Morgan fingerprint density at radius 2 is 1.95 bits per heavy atom. The van der Waals surface area contributed by atoms with Crippen LogP contribution in [0.15, 0.2) is 18.2 Å². The van der Waals surface area contributed by atoms with Crippen molar-refractivity contribution >= 4 is 24.0 Å². The summed E-state index contributed by atoms with van der Waals surface area (Å²) in [5, 5.41) is 3.36. The van der Waals surface area contributed by atoms with Gasteiger partial charge in [0.15, 0.2) is 0 Å². The second kappa shape index (κ2) is 8.40. The third-order valence-corrected chi connectivity index (χ3v) is 4.06. The van der Waals surface area contributed by atoms with Crippen LogP contribution < -0.4 is 10.2 Å². The Morgan fingerprint density at radius 1 is 1.29 bits per heavy atom. The molecule has 1 atom stereocenters. The van der Waals surface area contributed by atoms with Crippen LogP contribution in [0.2, 0.25) is 0 Å². The first-order valence-electron chi connectivity index (χ1n) is 7.69. The van der Waals surface area contributed by atoms with Gasteiger partial charge in [0.25, 0.3) is 0 Å². The first kappa shape index (κ1) is 18.0. The Morgan fingerprint density at radius 3 is 2.48 bits per heavy atom. The zero-order chi connectivity index (χ0) is 14.5. The molecular formula is C17H27ClN2O. The Bertz CT molecular complexity index is 450. The SMILES string of the molecule is CCN(C(=O)CCC1CCNC1)c1cc(C)cc(C)c1.Cl. The molecule has 0 aliphatic carbocycles. The van der Waals surface area contributed by atoms with Crippen molar-refractivity contribution in [2.45, 2.75) is 40.0 Å². The summed E-state index contributed by atoms with van der Waals surface area (Å²) in [5.74, 6) is 0.932. The minimum absolute atomic E-state index is 0. The molecule has 0 bridgehead atoms. The van der Waals surface area contributed by atoms with E-state index in [1.54, 1.807) is 0 Å². The van der Waals surface area contributed by atoms with Gasteiger partial charge in [0.2, 0.25) is 5.91 Å². The second-order valence-electron chi connectivity index (χ2n) is 5.88. The van der Waals surface area contributed by atoms with Crippen LogP contribution in [-0.4, -0.2) is 25.5 Å². The lowest BCUT2D eigenvalue weighted by Gasteiger charge is -2.22. The molecule has 1 saturated heterocycles. The van der Waals surface area contributed by atoms with Crippen molar-refractivity contribution in [2.24, 2.45) is 5.92 Å². The van der Waals surface area contributed by atoms with Crippen molar-refractivity contribution in [3.63, 3.8) is 0 Å². The Labute approximate surface area is 134 Å². The number of carbonyl (C=O) groups is 1. The third-order valence-electron chi connectivity index (χ3n) is 4.06. The second-order valence-corrected chi connectivity index (χ2v) is 5.88. The Balaban J connectivity index is 0.00000220. The van der Waals surface area contributed by atoms with E-state index in [0.717, 1.165) is 31.7 Å². The summed E-state index contributed by atoms with van der Waals surface area (Å²) in [4.78, 5) is 14.4. The van der Waals surface area contributed by atoms with Crippen molar-refractivity contribution in [3.05, 3.63) is 29.3 Å². The van der Waals surface area contributed by atoms with Crippen LogP contribution in [0.25, 0.3) is 0 Å². The number of hydrogen-bond acceptors (Lipinski definition) is 2. The van der Waals surface area contributed by atoms with Gasteiger partial charge in [-0.2, -0.15) is 0 Å². The van der Waals surface area contributed by atoms with Gasteiger partial charge in [0.1, 0.15) is 0 Å². The van der Waals surface area contributed by atoms with Crippen molar-refractivity contribution < 1.29 is 4.79 Å². The predicted molar refractivity (Wildman–Crippen MR) is 91.4 cm³/mol. The molecule has 1 aromatic carbocycles. The summed E-state index contributed by atoms with van der Waals surface area (Å²) >= 11 is 0. The molecule has 1 unspecified atom stereocenters. The van der Waals surface area contributed by atoms with Gasteiger partial charge in [-0.25, -0.2) is 0 Å². The molecule has 1 N–H and O–H groups in total. The molecule has 0 saturated carbocycles. The molecule has 21 heavy (non-hydrogen) atoms. The number of benzene rings is 1. The fraction of sp³-hybridized carbons (Fsp3) is 0.588. The fourth-order valence-corrected chi connectivity index (χ4v) is 3.03. The van der Waals surface area contributed by atoms with Crippen molar-refractivity contribution in [2.75, 3.05) is 24.5 Å². The number of halogens is 1. The Kier molecular flexibility index (Phi) is 7.20. The number of rotatable bonds is 5. The fourth-order valence-electron chi connectivity index (χ4n) is 3.03. The van der Waals surface area contributed by atoms with E-state index in [4.69, 9.17) is 0 Å². The number of aryl methyl sites for hydroxylation is 2. The zero-order valence-corrected chi connectivity index (χ0v) is 14.1. The minimum atomic E-state index is 0. The average Bonchev–Trinajstić information content (AvgIpc) is 2.89. The van der Waals surface area contributed by atoms with Gasteiger partial charge < -0.3 is 10.2 Å². The molecule has 0 aromatic heterocycles. The van der Waals surface area contributed by atoms with Gasteiger partial charge in [0.05, 0.1) is 0 Å². The van der Waals surface area contributed by atoms with Gasteiger partial charge in [0, 0.05) is 18.7 Å². The molecule has 0 radical (unpaired) electrons. The highest BCUT2D eigenvalue weighted by atomic mass is 35.5. The monoisotopic (exact) mass is 310 g/mol. The van der Waals surface area contributed by atoms with E-state index in [-0.39, 0.29) is 18.3 Å². The first-order chi connectivity index (χ1) is 9.60. The molecule has 2 rings (SSSR count). The summed E-state index contributed by atoms with van der Waals surface area (Å²) in [7, 11) is 0. The molecule has 118 valence electrons. The van der Waals surface area contributed by atoms with Gasteiger partial charge in [-0.3, -0.25) is 4.79 Å². The van der Waals surface area contributed by atoms with Gasteiger partial charge in [-0.15, -0.1) is 12.4 Å². The molecule has 1 heterocycles. The lowest BCUT2D eigenvalue weighted by molar-refractivity contribution is -0.118. The van der Waals surface area contributed by atoms with E-state index in [2.05, 4.69) is 37.4 Å². The summed E-state index contributed by atoms with van der Waals surface area (Å²) in [6, 6.07) is 6.35. The quantitative estimate of drug-likeness (QED) is 0.903. The first-order valence-corrected chi connectivity index (χ1v) is 7.69. The molecule has 0 spiro atoms. The lowest BCUT2D eigenvalue weighted by atomic mass is 10.0. The number of nitrogens with one attached hydrogen (secondary N) is 1. The van der Waals surface area contributed by atoms with Crippen LogP contribution in [0.3, 0.4) is 0 Å². The normalized spacial score (nSPS) is 17.4. The maximum absolute atomic E-state index is 12.5. The molecular weight excluding hydrogens is 284 g/mol. The van der Waals surface area contributed by atoms with Crippen molar-refractivity contribution in [1.82, 2.24) is 5.32 Å². The van der Waals surface area contributed by atoms with E-state index in [1.807, 2.05) is 11.8 Å². The topological polar surface area (TPSA) is 32.3 Å². The molecule has 4 heteroatoms. The lowest BCUT2D eigenvalue weighted by Crippen LogP contribution is -2.31. The van der Waals surface area contributed by atoms with Crippen LogP contribution in [0, 0.1) is 19.8 Å². The molecule has 1 fully saturated rings. The summed E-state index contributed by atoms with van der Waals surface area (Å²) < 4.78 is 0. The highest BCUT2D eigenvalue weighted by molar-refractivity contribution is 5.93. The molecule has 3 nitrogen and oxygen atoms in total. The number of carbonyl (C=O) groups excluding carboxylic acids is 1. The number of amides is 1. The third kappa shape index (κ3) is 5.01. The van der Waals surface area contributed by atoms with Crippen molar-refractivity contribution in [3.8, 4) is 0 Å². The van der Waals surface area contributed by atoms with E-state index in [1.165, 1.54) is 17.5 Å². The van der Waals surface area contributed by atoms with Crippen LogP contribution in [0.4, 0.5) is 5.69 Å². The number of hydrogen-bond donors (Lipinski definition) is 1. The van der Waals surface area contributed by atoms with Gasteiger partial charge in [-0.1, -0.05) is 6.07 Å². The van der Waals surface area contributed by atoms with E-state index < -0.39 is 0 Å². The maximum Gasteiger partial charge on any atom is 0.226 e. The van der Waals surface area contributed by atoms with E-state index in [0.29, 0.717) is 12.3 Å². The predicted octanol–water partition coefficient (Wildman–Crippen LogP) is 3.47.